The second-order valence-corrected chi connectivity index (χ2v) is 8.51. The van der Waals surface area contributed by atoms with Gasteiger partial charge in [-0.05, 0) is 24.5 Å². The smallest absolute Gasteiger partial charge is 0.354 e. The molecule has 1 atom stereocenters. The Balaban J connectivity index is 1.87. The van der Waals surface area contributed by atoms with Gasteiger partial charge < -0.3 is 15.0 Å². The summed E-state index contributed by atoms with van der Waals surface area (Å²) in [7, 11) is 0. The normalized spacial score (nSPS) is 20.0. The van der Waals surface area contributed by atoms with Gasteiger partial charge in [0.2, 0.25) is 11.6 Å². The zero-order valence-corrected chi connectivity index (χ0v) is 18.5. The van der Waals surface area contributed by atoms with E-state index in [0.29, 0.717) is 17.8 Å². The van der Waals surface area contributed by atoms with Crippen LogP contribution in [-0.2, 0) is 19.1 Å². The number of carbonyl (C=O) groups is 4. The summed E-state index contributed by atoms with van der Waals surface area (Å²) in [6, 6.07) is 6.80. The van der Waals surface area contributed by atoms with Gasteiger partial charge in [-0.15, -0.1) is 0 Å². The zero-order valence-electron chi connectivity index (χ0n) is 18.5. The maximum atomic E-state index is 13.4. The molecule has 1 N–H and O–H groups in total. The maximum Gasteiger partial charge on any atom is 0.354 e. The van der Waals surface area contributed by atoms with Crippen molar-refractivity contribution < 1.29 is 23.9 Å². The van der Waals surface area contributed by atoms with Crippen molar-refractivity contribution in [3.05, 3.63) is 29.8 Å². The van der Waals surface area contributed by atoms with Crippen molar-refractivity contribution in [2.75, 3.05) is 24.6 Å². The van der Waals surface area contributed by atoms with E-state index in [2.05, 4.69) is 12.2 Å². The van der Waals surface area contributed by atoms with Gasteiger partial charge in [-0.1, -0.05) is 45.7 Å². The molecule has 1 aromatic carbocycles. The summed E-state index contributed by atoms with van der Waals surface area (Å²) in [5.41, 5.74) is -0.763. The first kappa shape index (κ1) is 22.8. The summed E-state index contributed by atoms with van der Waals surface area (Å²) in [4.78, 5) is 54.6. The van der Waals surface area contributed by atoms with E-state index in [1.807, 2.05) is 13.8 Å². The Labute approximate surface area is 182 Å². The number of para-hydroxylation sites is 1. The predicted molar refractivity (Wildman–Crippen MR) is 115 cm³/mol. The van der Waals surface area contributed by atoms with E-state index in [9.17, 15) is 19.2 Å². The zero-order chi connectivity index (χ0) is 22.6. The van der Waals surface area contributed by atoms with Crippen LogP contribution in [0, 0.1) is 5.92 Å². The van der Waals surface area contributed by atoms with Crippen molar-refractivity contribution in [2.45, 2.75) is 58.5 Å². The van der Waals surface area contributed by atoms with E-state index in [0.717, 1.165) is 19.3 Å². The Hall–Kier alpha value is -2.90. The predicted octanol–water partition coefficient (Wildman–Crippen LogP) is 2.47. The average Bonchev–Trinajstić information content (AvgIpc) is 3.10. The minimum absolute atomic E-state index is 0.0679. The van der Waals surface area contributed by atoms with E-state index in [1.165, 1.54) is 9.80 Å². The fourth-order valence-corrected chi connectivity index (χ4v) is 4.27. The number of fused-ring (bicyclic) bond motifs is 3. The molecule has 8 nitrogen and oxygen atoms in total. The molecule has 1 saturated heterocycles. The fraction of sp³-hybridized carbons (Fsp3) is 0.565. The lowest BCUT2D eigenvalue weighted by Gasteiger charge is -2.48. The van der Waals surface area contributed by atoms with Crippen LogP contribution < -0.4 is 10.2 Å². The van der Waals surface area contributed by atoms with Crippen molar-refractivity contribution in [1.29, 1.82) is 0 Å². The largest absolute Gasteiger partial charge is 0.452 e. The second-order valence-electron chi connectivity index (χ2n) is 8.51. The molecule has 2 heterocycles. The molecule has 0 unspecified atom stereocenters. The Morgan fingerprint density at radius 3 is 2.65 bits per heavy atom. The van der Waals surface area contributed by atoms with Crippen LogP contribution in [0.2, 0.25) is 0 Å². The summed E-state index contributed by atoms with van der Waals surface area (Å²) in [5, 5.41) is 2.73. The van der Waals surface area contributed by atoms with Gasteiger partial charge in [0.15, 0.2) is 6.61 Å². The molecular weight excluding hydrogens is 398 g/mol. The number of rotatable bonds is 9. The van der Waals surface area contributed by atoms with Crippen LogP contribution >= 0.6 is 0 Å². The van der Waals surface area contributed by atoms with Gasteiger partial charge in [-0.25, -0.2) is 4.79 Å². The molecular formula is C23H31N3O5. The lowest BCUT2D eigenvalue weighted by molar-refractivity contribution is -0.160. The standard InChI is InChI=1S/C23H31N3O5/c1-4-5-8-13-24-19(27)15-31-22(30)23-12-11-20(28)26(23)18-10-7-6-9-17(18)21(29)25(23)14-16(2)3/h6-7,9-10,16H,4-5,8,11-15H2,1-3H3,(H,24,27)/t23-/m0/s1. The molecule has 168 valence electrons. The van der Waals surface area contributed by atoms with Crippen LogP contribution in [-0.4, -0.2) is 54.0 Å². The van der Waals surface area contributed by atoms with Crippen LogP contribution in [0.5, 0.6) is 0 Å². The quantitative estimate of drug-likeness (QED) is 0.481. The third kappa shape index (κ3) is 4.29. The van der Waals surface area contributed by atoms with Crippen molar-refractivity contribution in [3.8, 4) is 0 Å². The second kappa shape index (κ2) is 9.49. The van der Waals surface area contributed by atoms with Gasteiger partial charge in [0.1, 0.15) is 0 Å². The van der Waals surface area contributed by atoms with Crippen LogP contribution in [0.15, 0.2) is 24.3 Å². The highest BCUT2D eigenvalue weighted by Gasteiger charge is 2.62. The number of hydrogen-bond acceptors (Lipinski definition) is 5. The van der Waals surface area contributed by atoms with Crippen LogP contribution in [0.4, 0.5) is 5.69 Å². The number of nitrogens with zero attached hydrogens (tertiary/aromatic N) is 2. The number of carbonyl (C=O) groups excluding carboxylic acids is 4. The van der Waals surface area contributed by atoms with E-state index in [-0.39, 0.29) is 37.1 Å². The summed E-state index contributed by atoms with van der Waals surface area (Å²) >= 11 is 0. The van der Waals surface area contributed by atoms with Gasteiger partial charge in [-0.3, -0.25) is 19.3 Å². The van der Waals surface area contributed by atoms with E-state index < -0.39 is 24.1 Å². The number of benzene rings is 1. The van der Waals surface area contributed by atoms with Crippen molar-refractivity contribution in [3.63, 3.8) is 0 Å². The number of nitrogens with one attached hydrogen (secondary N) is 1. The first-order valence-electron chi connectivity index (χ1n) is 11.0. The molecule has 0 aromatic heterocycles. The first-order valence-corrected chi connectivity index (χ1v) is 11.0. The molecule has 0 aliphatic carbocycles. The molecule has 1 fully saturated rings. The summed E-state index contributed by atoms with van der Waals surface area (Å²) in [6.07, 6.45) is 3.16. The molecule has 31 heavy (non-hydrogen) atoms. The third-order valence-corrected chi connectivity index (χ3v) is 5.69. The average molecular weight is 430 g/mol. The molecule has 0 bridgehead atoms. The number of hydrogen-bond donors (Lipinski definition) is 1. The lowest BCUT2D eigenvalue weighted by Crippen LogP contribution is -2.69. The van der Waals surface area contributed by atoms with Gasteiger partial charge in [0, 0.05) is 25.9 Å². The highest BCUT2D eigenvalue weighted by atomic mass is 16.5. The van der Waals surface area contributed by atoms with Crippen LogP contribution in [0.1, 0.15) is 63.2 Å². The van der Waals surface area contributed by atoms with Crippen LogP contribution in [0.3, 0.4) is 0 Å². The summed E-state index contributed by atoms with van der Waals surface area (Å²) < 4.78 is 5.39. The van der Waals surface area contributed by atoms with Crippen molar-refractivity contribution >= 4 is 29.4 Å². The molecule has 2 aliphatic rings. The Kier molecular flexibility index (Phi) is 6.97. The van der Waals surface area contributed by atoms with Crippen molar-refractivity contribution in [1.82, 2.24) is 10.2 Å². The third-order valence-electron chi connectivity index (χ3n) is 5.69. The minimum atomic E-state index is -1.56. The molecule has 3 amide bonds. The fourth-order valence-electron chi connectivity index (χ4n) is 4.27. The Morgan fingerprint density at radius 1 is 1.19 bits per heavy atom. The first-order chi connectivity index (χ1) is 14.8. The molecule has 0 spiro atoms. The van der Waals surface area contributed by atoms with Gasteiger partial charge in [0.25, 0.3) is 11.8 Å². The van der Waals surface area contributed by atoms with Gasteiger partial charge >= 0.3 is 5.97 Å². The van der Waals surface area contributed by atoms with E-state index >= 15 is 0 Å². The monoisotopic (exact) mass is 429 g/mol. The number of amides is 3. The SMILES string of the molecule is CCCCCNC(=O)COC(=O)[C@]12CCC(=O)N1c1ccccc1C(=O)N2CC(C)C. The number of ether oxygens (including phenoxy) is 1. The molecule has 3 rings (SSSR count). The topological polar surface area (TPSA) is 96.0 Å². The van der Waals surface area contributed by atoms with Crippen molar-refractivity contribution in [2.24, 2.45) is 5.92 Å². The summed E-state index contributed by atoms with van der Waals surface area (Å²) in [5.74, 6) is -1.62. The van der Waals surface area contributed by atoms with E-state index in [1.54, 1.807) is 24.3 Å². The highest BCUT2D eigenvalue weighted by Crippen LogP contribution is 2.45. The Bertz CT molecular complexity index is 869. The molecule has 0 saturated carbocycles. The lowest BCUT2D eigenvalue weighted by atomic mass is 9.95. The van der Waals surface area contributed by atoms with Gasteiger partial charge in [0.05, 0.1) is 11.3 Å². The van der Waals surface area contributed by atoms with Crippen LogP contribution in [0.25, 0.3) is 0 Å². The molecule has 0 radical (unpaired) electrons. The van der Waals surface area contributed by atoms with Gasteiger partial charge in [-0.2, -0.15) is 0 Å². The number of esters is 1. The molecule has 8 heteroatoms. The maximum absolute atomic E-state index is 13.4. The minimum Gasteiger partial charge on any atom is -0.452 e. The highest BCUT2D eigenvalue weighted by molar-refractivity contribution is 6.15. The van der Waals surface area contributed by atoms with E-state index in [4.69, 9.17) is 4.74 Å². The molecule has 1 aromatic rings. The number of unbranched alkanes of at least 4 members (excludes halogenated alkanes) is 2. The number of anilines is 1. The molecule has 2 aliphatic heterocycles. The summed E-state index contributed by atoms with van der Waals surface area (Å²) in [6.45, 7) is 6.32. The Morgan fingerprint density at radius 2 is 1.94 bits per heavy atom.